The van der Waals surface area contributed by atoms with Gasteiger partial charge < -0.3 is 5.73 Å². The van der Waals surface area contributed by atoms with Crippen LogP contribution in [0.1, 0.15) is 33.1 Å². The minimum atomic E-state index is 0.660. The topological polar surface area (TPSA) is 26.0 Å². The van der Waals surface area contributed by atoms with Gasteiger partial charge in [-0.2, -0.15) is 0 Å². The summed E-state index contributed by atoms with van der Waals surface area (Å²) in [5, 5.41) is 0. The maximum Gasteiger partial charge on any atom is 0.0311 e. The maximum atomic E-state index is 5.60. The van der Waals surface area contributed by atoms with E-state index >= 15 is 0 Å². The van der Waals surface area contributed by atoms with Gasteiger partial charge in [-0.1, -0.05) is 45.1 Å². The molecular formula is C11H19N. The molecule has 0 aromatic rings. The smallest absolute Gasteiger partial charge is 0.0311 e. The first-order valence-corrected chi connectivity index (χ1v) is 4.53. The lowest BCUT2D eigenvalue weighted by molar-refractivity contribution is 0.952. The molecule has 0 aromatic heterocycles. The van der Waals surface area contributed by atoms with Crippen LogP contribution in [-0.4, -0.2) is 0 Å². The monoisotopic (exact) mass is 165 g/mol. The molecule has 0 rings (SSSR count). The lowest BCUT2D eigenvalue weighted by atomic mass is 10.1. The average molecular weight is 165 g/mol. The molecule has 1 heteroatoms. The molecule has 1 nitrogen and oxygen atoms in total. The van der Waals surface area contributed by atoms with Crippen molar-refractivity contribution in [2.24, 2.45) is 5.73 Å². The van der Waals surface area contributed by atoms with Crippen LogP contribution in [-0.2, 0) is 0 Å². The van der Waals surface area contributed by atoms with Crippen molar-refractivity contribution in [3.8, 4) is 0 Å². The highest BCUT2D eigenvalue weighted by Crippen LogP contribution is 2.06. The number of hydrogen-bond donors (Lipinski definition) is 1. The molecule has 0 aromatic carbocycles. The number of rotatable bonds is 5. The Morgan fingerprint density at radius 2 is 2.08 bits per heavy atom. The SMILES string of the molecule is C=C(N)C(/C=C\CC)=C/CCC. The average Bonchev–Trinajstić information content (AvgIpc) is 2.04. The normalized spacial score (nSPS) is 12.3. The summed E-state index contributed by atoms with van der Waals surface area (Å²) in [5.74, 6) is 0. The lowest BCUT2D eigenvalue weighted by Gasteiger charge is -1.99. The summed E-state index contributed by atoms with van der Waals surface area (Å²) in [7, 11) is 0. The standard InChI is InChI=1S/C11H19N/c1-4-6-8-11(10(3)12)9-7-5-2/h6,8-9H,3-5,7,12H2,1-2H3/b8-6-,11-9+. The minimum Gasteiger partial charge on any atom is -0.399 e. The predicted molar refractivity (Wildman–Crippen MR) is 55.7 cm³/mol. The van der Waals surface area contributed by atoms with E-state index in [1.807, 2.05) is 6.08 Å². The zero-order valence-corrected chi connectivity index (χ0v) is 8.14. The summed E-state index contributed by atoms with van der Waals surface area (Å²) in [6.07, 6.45) is 9.53. The molecule has 2 N–H and O–H groups in total. The molecule has 0 spiro atoms. The number of unbranched alkanes of at least 4 members (excludes halogenated alkanes) is 1. The van der Waals surface area contributed by atoms with Gasteiger partial charge in [0.05, 0.1) is 0 Å². The zero-order chi connectivity index (χ0) is 9.40. The summed E-state index contributed by atoms with van der Waals surface area (Å²) in [6, 6.07) is 0. The third-order valence-corrected chi connectivity index (χ3v) is 1.56. The van der Waals surface area contributed by atoms with Crippen molar-refractivity contribution in [1.82, 2.24) is 0 Å². The van der Waals surface area contributed by atoms with Crippen LogP contribution in [0.5, 0.6) is 0 Å². The van der Waals surface area contributed by atoms with Gasteiger partial charge in [-0.3, -0.25) is 0 Å². The summed E-state index contributed by atoms with van der Waals surface area (Å²) in [5.41, 5.74) is 7.33. The number of nitrogens with two attached hydrogens (primary N) is 1. The Bertz CT molecular complexity index is 187. The third kappa shape index (κ3) is 4.78. The highest BCUT2D eigenvalue weighted by molar-refractivity contribution is 5.35. The van der Waals surface area contributed by atoms with Crippen molar-refractivity contribution in [3.63, 3.8) is 0 Å². The van der Waals surface area contributed by atoms with Gasteiger partial charge in [0.1, 0.15) is 0 Å². The van der Waals surface area contributed by atoms with E-state index in [2.05, 4.69) is 32.6 Å². The van der Waals surface area contributed by atoms with Gasteiger partial charge >= 0.3 is 0 Å². The van der Waals surface area contributed by atoms with E-state index < -0.39 is 0 Å². The van der Waals surface area contributed by atoms with Crippen LogP contribution in [0.25, 0.3) is 0 Å². The third-order valence-electron chi connectivity index (χ3n) is 1.56. The molecule has 0 radical (unpaired) electrons. The van der Waals surface area contributed by atoms with E-state index in [4.69, 9.17) is 5.73 Å². The van der Waals surface area contributed by atoms with E-state index in [-0.39, 0.29) is 0 Å². The largest absolute Gasteiger partial charge is 0.399 e. The molecular weight excluding hydrogens is 146 g/mol. The fourth-order valence-corrected chi connectivity index (χ4v) is 0.851. The van der Waals surface area contributed by atoms with Crippen LogP contribution < -0.4 is 5.73 Å². The van der Waals surface area contributed by atoms with Gasteiger partial charge in [0.25, 0.3) is 0 Å². The second kappa shape index (κ2) is 6.71. The van der Waals surface area contributed by atoms with Crippen molar-refractivity contribution in [1.29, 1.82) is 0 Å². The Morgan fingerprint density at radius 1 is 1.42 bits per heavy atom. The summed E-state index contributed by atoms with van der Waals surface area (Å²) in [6.45, 7) is 7.97. The molecule has 0 heterocycles. The van der Waals surface area contributed by atoms with E-state index in [1.54, 1.807) is 0 Å². The van der Waals surface area contributed by atoms with Gasteiger partial charge in [0.2, 0.25) is 0 Å². The molecule has 0 atom stereocenters. The van der Waals surface area contributed by atoms with Gasteiger partial charge in [-0.15, -0.1) is 0 Å². The van der Waals surface area contributed by atoms with E-state index in [9.17, 15) is 0 Å². The zero-order valence-electron chi connectivity index (χ0n) is 8.14. The highest BCUT2D eigenvalue weighted by atomic mass is 14.6. The van der Waals surface area contributed by atoms with Crippen molar-refractivity contribution < 1.29 is 0 Å². The molecule has 0 saturated heterocycles. The van der Waals surface area contributed by atoms with Crippen LogP contribution >= 0.6 is 0 Å². The van der Waals surface area contributed by atoms with Gasteiger partial charge in [-0.25, -0.2) is 0 Å². The second-order valence-corrected chi connectivity index (χ2v) is 2.78. The Labute approximate surface area is 75.7 Å². The molecule has 0 aliphatic carbocycles. The molecule has 12 heavy (non-hydrogen) atoms. The van der Waals surface area contributed by atoms with Crippen LogP contribution in [0.3, 0.4) is 0 Å². The molecule has 0 unspecified atom stereocenters. The van der Waals surface area contributed by atoms with Crippen LogP contribution in [0.2, 0.25) is 0 Å². The van der Waals surface area contributed by atoms with E-state index in [1.165, 1.54) is 0 Å². The van der Waals surface area contributed by atoms with Crippen LogP contribution in [0.4, 0.5) is 0 Å². The summed E-state index contributed by atoms with van der Waals surface area (Å²) < 4.78 is 0. The predicted octanol–water partition coefficient (Wildman–Crippen LogP) is 3.15. The molecule has 0 saturated carbocycles. The Hall–Kier alpha value is -0.980. The fraction of sp³-hybridized carbons (Fsp3) is 0.455. The van der Waals surface area contributed by atoms with E-state index in [0.29, 0.717) is 5.70 Å². The summed E-state index contributed by atoms with van der Waals surface area (Å²) in [4.78, 5) is 0. The Kier molecular flexibility index (Phi) is 6.16. The first-order valence-electron chi connectivity index (χ1n) is 4.53. The molecule has 0 bridgehead atoms. The molecule has 0 fully saturated rings. The first kappa shape index (κ1) is 11.0. The fourth-order valence-electron chi connectivity index (χ4n) is 0.851. The quantitative estimate of drug-likeness (QED) is 0.622. The van der Waals surface area contributed by atoms with E-state index in [0.717, 1.165) is 24.8 Å². The van der Waals surface area contributed by atoms with Crippen LogP contribution in [0, 0.1) is 0 Å². The van der Waals surface area contributed by atoms with Crippen molar-refractivity contribution in [2.45, 2.75) is 33.1 Å². The lowest BCUT2D eigenvalue weighted by Crippen LogP contribution is -1.96. The molecule has 0 aliphatic heterocycles. The van der Waals surface area contributed by atoms with Gasteiger partial charge in [0.15, 0.2) is 0 Å². The van der Waals surface area contributed by atoms with Crippen LogP contribution in [0.15, 0.2) is 36.1 Å². The molecule has 68 valence electrons. The Morgan fingerprint density at radius 3 is 2.50 bits per heavy atom. The van der Waals surface area contributed by atoms with Crippen molar-refractivity contribution in [2.75, 3.05) is 0 Å². The minimum absolute atomic E-state index is 0.660. The van der Waals surface area contributed by atoms with Gasteiger partial charge in [-0.05, 0) is 18.4 Å². The van der Waals surface area contributed by atoms with Crippen molar-refractivity contribution >= 4 is 0 Å². The number of hydrogen-bond acceptors (Lipinski definition) is 1. The van der Waals surface area contributed by atoms with Gasteiger partial charge in [0, 0.05) is 5.70 Å². The molecule has 0 amide bonds. The highest BCUT2D eigenvalue weighted by Gasteiger charge is 1.91. The number of allylic oxidation sites excluding steroid dienone is 3. The summed E-state index contributed by atoms with van der Waals surface area (Å²) >= 11 is 0. The maximum absolute atomic E-state index is 5.60. The second-order valence-electron chi connectivity index (χ2n) is 2.78. The first-order chi connectivity index (χ1) is 5.72. The Balaban J connectivity index is 4.22. The molecule has 0 aliphatic rings. The van der Waals surface area contributed by atoms with Crippen molar-refractivity contribution in [3.05, 3.63) is 36.1 Å².